The lowest BCUT2D eigenvalue weighted by Gasteiger charge is -2.02. The largest absolute Gasteiger partial charge is 0.463 e. The van der Waals surface area contributed by atoms with Crippen molar-refractivity contribution in [2.75, 3.05) is 0 Å². The molecule has 1 aromatic heterocycles. The quantitative estimate of drug-likeness (QED) is 0.734. The second-order valence-electron chi connectivity index (χ2n) is 3.75. The number of benzene rings is 2. The first-order chi connectivity index (χ1) is 7.81. The van der Waals surface area contributed by atoms with Crippen molar-refractivity contribution < 1.29 is 4.42 Å². The standard InChI is InChI=1S/C13H10BrNO/c14-12-10-4-2-1-3-8(10)5-11-9(6-15)7-16-13(11)12/h1-5,7H,6,15H2. The summed E-state index contributed by atoms with van der Waals surface area (Å²) in [5, 5.41) is 3.44. The van der Waals surface area contributed by atoms with Crippen LogP contribution in [0.4, 0.5) is 0 Å². The SMILES string of the molecule is NCc1coc2c(Br)c3ccccc3cc12. The Bertz CT molecular complexity index is 672. The van der Waals surface area contributed by atoms with E-state index in [-0.39, 0.29) is 0 Å². The van der Waals surface area contributed by atoms with E-state index >= 15 is 0 Å². The first-order valence-electron chi connectivity index (χ1n) is 5.08. The van der Waals surface area contributed by atoms with E-state index in [9.17, 15) is 0 Å². The number of nitrogens with two attached hydrogens (primary N) is 1. The van der Waals surface area contributed by atoms with E-state index in [1.807, 2.05) is 12.1 Å². The van der Waals surface area contributed by atoms with Gasteiger partial charge in [-0.05, 0) is 32.8 Å². The Balaban J connectivity index is 2.52. The van der Waals surface area contributed by atoms with Gasteiger partial charge in [-0.3, -0.25) is 0 Å². The highest BCUT2D eigenvalue weighted by Crippen LogP contribution is 2.35. The lowest BCUT2D eigenvalue weighted by Crippen LogP contribution is -1.94. The molecule has 2 aromatic carbocycles. The minimum atomic E-state index is 0.498. The Labute approximate surface area is 101 Å². The van der Waals surface area contributed by atoms with Crippen LogP contribution < -0.4 is 5.73 Å². The summed E-state index contributed by atoms with van der Waals surface area (Å²) in [6.45, 7) is 0.498. The smallest absolute Gasteiger partial charge is 0.149 e. The van der Waals surface area contributed by atoms with Gasteiger partial charge in [0.05, 0.1) is 10.7 Å². The number of furan rings is 1. The molecule has 3 heteroatoms. The number of rotatable bonds is 1. The van der Waals surface area contributed by atoms with Crippen LogP contribution in [0, 0.1) is 0 Å². The molecular formula is C13H10BrNO. The van der Waals surface area contributed by atoms with Gasteiger partial charge in [0.2, 0.25) is 0 Å². The summed E-state index contributed by atoms with van der Waals surface area (Å²) in [6, 6.07) is 10.3. The molecular weight excluding hydrogens is 266 g/mol. The summed E-state index contributed by atoms with van der Waals surface area (Å²) < 4.78 is 6.55. The van der Waals surface area contributed by atoms with E-state index in [0.717, 1.165) is 26.4 Å². The predicted molar refractivity (Wildman–Crippen MR) is 69.3 cm³/mol. The Morgan fingerprint density at radius 1 is 1.19 bits per heavy atom. The van der Waals surface area contributed by atoms with E-state index in [2.05, 4.69) is 34.1 Å². The Morgan fingerprint density at radius 3 is 2.81 bits per heavy atom. The summed E-state index contributed by atoms with van der Waals surface area (Å²) >= 11 is 3.59. The maximum absolute atomic E-state index is 5.68. The van der Waals surface area contributed by atoms with Gasteiger partial charge < -0.3 is 10.2 Å². The van der Waals surface area contributed by atoms with Gasteiger partial charge in [0, 0.05) is 17.5 Å². The van der Waals surface area contributed by atoms with Crippen molar-refractivity contribution >= 4 is 37.7 Å². The molecule has 0 amide bonds. The second kappa shape index (κ2) is 3.61. The monoisotopic (exact) mass is 275 g/mol. The van der Waals surface area contributed by atoms with Crippen molar-refractivity contribution in [1.82, 2.24) is 0 Å². The average molecular weight is 276 g/mol. The summed E-state index contributed by atoms with van der Waals surface area (Å²) in [5.41, 5.74) is 7.60. The van der Waals surface area contributed by atoms with Gasteiger partial charge in [0.15, 0.2) is 0 Å². The highest BCUT2D eigenvalue weighted by atomic mass is 79.9. The average Bonchev–Trinajstić information content (AvgIpc) is 2.72. The Kier molecular flexibility index (Phi) is 2.23. The topological polar surface area (TPSA) is 39.2 Å². The third-order valence-electron chi connectivity index (χ3n) is 2.83. The molecule has 0 saturated carbocycles. The molecule has 16 heavy (non-hydrogen) atoms. The van der Waals surface area contributed by atoms with Crippen LogP contribution in [0.1, 0.15) is 5.56 Å². The molecule has 0 saturated heterocycles. The van der Waals surface area contributed by atoms with E-state index in [1.165, 1.54) is 5.39 Å². The number of halogens is 1. The summed E-state index contributed by atoms with van der Waals surface area (Å²) in [6.07, 6.45) is 1.73. The molecule has 2 nitrogen and oxygen atoms in total. The first kappa shape index (κ1) is 9.87. The van der Waals surface area contributed by atoms with Crippen molar-refractivity contribution in [3.63, 3.8) is 0 Å². The fourth-order valence-electron chi connectivity index (χ4n) is 1.99. The van der Waals surface area contributed by atoms with Crippen molar-refractivity contribution in [2.45, 2.75) is 6.54 Å². The van der Waals surface area contributed by atoms with Crippen LogP contribution in [0.5, 0.6) is 0 Å². The number of fused-ring (bicyclic) bond motifs is 2. The van der Waals surface area contributed by atoms with E-state index < -0.39 is 0 Å². The third kappa shape index (κ3) is 1.29. The molecule has 0 aliphatic rings. The summed E-state index contributed by atoms with van der Waals surface area (Å²) in [4.78, 5) is 0. The van der Waals surface area contributed by atoms with Crippen molar-refractivity contribution in [3.8, 4) is 0 Å². The Morgan fingerprint density at radius 2 is 2.00 bits per heavy atom. The Hall–Kier alpha value is -1.32. The third-order valence-corrected chi connectivity index (χ3v) is 3.61. The van der Waals surface area contributed by atoms with Gasteiger partial charge in [-0.25, -0.2) is 0 Å². The van der Waals surface area contributed by atoms with Gasteiger partial charge >= 0.3 is 0 Å². The molecule has 80 valence electrons. The molecule has 3 rings (SSSR count). The zero-order chi connectivity index (χ0) is 11.1. The summed E-state index contributed by atoms with van der Waals surface area (Å²) in [7, 11) is 0. The molecule has 3 aromatic rings. The van der Waals surface area contributed by atoms with Crippen LogP contribution in [-0.2, 0) is 6.54 Å². The molecule has 0 fully saturated rings. The van der Waals surface area contributed by atoms with E-state index in [0.29, 0.717) is 6.54 Å². The van der Waals surface area contributed by atoms with Gasteiger partial charge in [-0.15, -0.1) is 0 Å². The van der Waals surface area contributed by atoms with Gasteiger partial charge in [-0.1, -0.05) is 24.3 Å². The van der Waals surface area contributed by atoms with Gasteiger partial charge in [0.25, 0.3) is 0 Å². The second-order valence-corrected chi connectivity index (χ2v) is 4.55. The van der Waals surface area contributed by atoms with Crippen LogP contribution in [0.15, 0.2) is 45.5 Å². The molecule has 2 N–H and O–H groups in total. The number of hydrogen-bond donors (Lipinski definition) is 1. The zero-order valence-corrected chi connectivity index (χ0v) is 10.1. The maximum atomic E-state index is 5.68. The molecule has 0 radical (unpaired) electrons. The molecule has 0 bridgehead atoms. The minimum Gasteiger partial charge on any atom is -0.463 e. The van der Waals surface area contributed by atoms with Crippen LogP contribution in [0.2, 0.25) is 0 Å². The molecule has 0 atom stereocenters. The van der Waals surface area contributed by atoms with Crippen LogP contribution in [-0.4, -0.2) is 0 Å². The lowest BCUT2D eigenvalue weighted by atomic mass is 10.1. The first-order valence-corrected chi connectivity index (χ1v) is 5.88. The molecule has 0 unspecified atom stereocenters. The maximum Gasteiger partial charge on any atom is 0.149 e. The fraction of sp³-hybridized carbons (Fsp3) is 0.0769. The zero-order valence-electron chi connectivity index (χ0n) is 8.53. The molecule has 1 heterocycles. The normalized spacial score (nSPS) is 11.4. The van der Waals surface area contributed by atoms with Crippen LogP contribution in [0.3, 0.4) is 0 Å². The molecule has 0 aliphatic heterocycles. The van der Waals surface area contributed by atoms with Crippen LogP contribution in [0.25, 0.3) is 21.7 Å². The van der Waals surface area contributed by atoms with E-state index in [1.54, 1.807) is 6.26 Å². The highest BCUT2D eigenvalue weighted by Gasteiger charge is 2.11. The predicted octanol–water partition coefficient (Wildman–Crippen LogP) is 3.81. The van der Waals surface area contributed by atoms with Crippen LogP contribution >= 0.6 is 15.9 Å². The molecule has 0 aliphatic carbocycles. The molecule has 0 spiro atoms. The highest BCUT2D eigenvalue weighted by molar-refractivity contribution is 9.10. The van der Waals surface area contributed by atoms with Crippen molar-refractivity contribution in [2.24, 2.45) is 5.73 Å². The van der Waals surface area contributed by atoms with Crippen molar-refractivity contribution in [3.05, 3.63) is 46.6 Å². The summed E-state index contributed by atoms with van der Waals surface area (Å²) in [5.74, 6) is 0. The van der Waals surface area contributed by atoms with Gasteiger partial charge in [-0.2, -0.15) is 0 Å². The van der Waals surface area contributed by atoms with E-state index in [4.69, 9.17) is 10.2 Å². The lowest BCUT2D eigenvalue weighted by molar-refractivity contribution is 0.609. The van der Waals surface area contributed by atoms with Crippen molar-refractivity contribution in [1.29, 1.82) is 0 Å². The fourth-order valence-corrected chi connectivity index (χ4v) is 2.66. The van der Waals surface area contributed by atoms with Gasteiger partial charge in [0.1, 0.15) is 5.58 Å². The minimum absolute atomic E-state index is 0.498. The number of hydrogen-bond acceptors (Lipinski definition) is 2.